The van der Waals surface area contributed by atoms with E-state index in [0.29, 0.717) is 5.02 Å². The topological polar surface area (TPSA) is 26.3 Å². The van der Waals surface area contributed by atoms with E-state index in [4.69, 9.17) is 16.3 Å². The minimum atomic E-state index is -0.556. The van der Waals surface area contributed by atoms with Crippen molar-refractivity contribution in [2.75, 3.05) is 0 Å². The highest BCUT2D eigenvalue weighted by Crippen LogP contribution is 2.37. The number of hydrogen-bond donors (Lipinski definition) is 0. The fourth-order valence-corrected chi connectivity index (χ4v) is 4.72. The summed E-state index contributed by atoms with van der Waals surface area (Å²) >= 11 is 6.38. The molecule has 0 radical (unpaired) electrons. The zero-order chi connectivity index (χ0) is 22.8. The van der Waals surface area contributed by atoms with Gasteiger partial charge in [0.15, 0.2) is 6.10 Å². The second-order valence-corrected chi connectivity index (χ2v) is 8.60. The molecule has 5 aromatic carbocycles. The molecule has 0 aliphatic heterocycles. The van der Waals surface area contributed by atoms with E-state index < -0.39 is 12.0 Å². The summed E-state index contributed by atoms with van der Waals surface area (Å²) in [5.41, 5.74) is 2.69. The monoisotopic (exact) mass is 450 g/mol. The van der Waals surface area contributed by atoms with Crippen LogP contribution in [-0.4, -0.2) is 5.97 Å². The number of hydrogen-bond acceptors (Lipinski definition) is 2. The van der Waals surface area contributed by atoms with Crippen molar-refractivity contribution >= 4 is 39.1 Å². The first-order valence-electron chi connectivity index (χ1n) is 11.0. The van der Waals surface area contributed by atoms with Crippen LogP contribution in [0.4, 0.5) is 0 Å². The fraction of sp³-hybridized carbons (Fsp3) is 0.100. The van der Waals surface area contributed by atoms with Gasteiger partial charge in [0.2, 0.25) is 0 Å². The number of fused-ring (bicyclic) bond motifs is 2. The van der Waals surface area contributed by atoms with E-state index in [1.807, 2.05) is 73.7 Å². The van der Waals surface area contributed by atoms with E-state index >= 15 is 0 Å². The van der Waals surface area contributed by atoms with E-state index in [-0.39, 0.29) is 5.97 Å². The smallest absolute Gasteiger partial charge is 0.314 e. The van der Waals surface area contributed by atoms with Crippen LogP contribution < -0.4 is 0 Å². The van der Waals surface area contributed by atoms with E-state index in [9.17, 15) is 4.79 Å². The first kappa shape index (κ1) is 21.2. The van der Waals surface area contributed by atoms with Crippen LogP contribution in [0.25, 0.3) is 21.5 Å². The summed E-state index contributed by atoms with van der Waals surface area (Å²) in [6.45, 7) is 1.84. The predicted molar refractivity (Wildman–Crippen MR) is 136 cm³/mol. The van der Waals surface area contributed by atoms with Gasteiger partial charge >= 0.3 is 5.97 Å². The van der Waals surface area contributed by atoms with E-state index in [1.165, 1.54) is 0 Å². The Morgan fingerprint density at radius 2 is 1.09 bits per heavy atom. The SMILES string of the molecule is C[C@@H](C(=O)OC(c1cccc2ccccc12)c1cccc2ccccc12)c1ccccc1Cl. The summed E-state index contributed by atoms with van der Waals surface area (Å²) in [5.74, 6) is -0.805. The summed E-state index contributed by atoms with van der Waals surface area (Å²) in [4.78, 5) is 13.4. The van der Waals surface area contributed by atoms with Crippen molar-refractivity contribution in [2.24, 2.45) is 0 Å². The Labute approximate surface area is 198 Å². The molecule has 0 unspecified atom stereocenters. The van der Waals surface area contributed by atoms with Crippen molar-refractivity contribution in [1.82, 2.24) is 0 Å². The normalized spacial score (nSPS) is 12.2. The van der Waals surface area contributed by atoms with Crippen LogP contribution in [-0.2, 0) is 9.53 Å². The average Bonchev–Trinajstić information content (AvgIpc) is 2.86. The lowest BCUT2D eigenvalue weighted by molar-refractivity contribution is -0.148. The van der Waals surface area contributed by atoms with Gasteiger partial charge in [-0.2, -0.15) is 0 Å². The summed E-state index contributed by atoms with van der Waals surface area (Å²) in [7, 11) is 0. The van der Waals surface area contributed by atoms with Gasteiger partial charge in [-0.25, -0.2) is 0 Å². The lowest BCUT2D eigenvalue weighted by Gasteiger charge is -2.24. The maximum atomic E-state index is 13.4. The molecule has 5 aromatic rings. The molecule has 0 heterocycles. The quantitative estimate of drug-likeness (QED) is 0.253. The number of carbonyl (C=O) groups is 1. The lowest BCUT2D eigenvalue weighted by atomic mass is 9.92. The molecule has 0 bridgehead atoms. The highest BCUT2D eigenvalue weighted by molar-refractivity contribution is 6.31. The third-order valence-electron chi connectivity index (χ3n) is 6.17. The average molecular weight is 451 g/mol. The Kier molecular flexibility index (Phi) is 5.85. The summed E-state index contributed by atoms with van der Waals surface area (Å²) in [6, 6.07) is 36.1. The van der Waals surface area contributed by atoms with E-state index in [2.05, 4.69) is 36.4 Å². The minimum absolute atomic E-state index is 0.311. The standard InChI is InChI=1S/C30H23ClO2/c1-20(23-14-6-7-19-28(23)31)30(32)33-29(26-17-8-12-21-10-2-4-15-24(21)26)27-18-9-13-22-11-3-5-16-25(22)27/h2-20,29H,1H3/t20-/m1/s1. The van der Waals surface area contributed by atoms with E-state index in [1.54, 1.807) is 6.07 Å². The molecule has 0 amide bonds. The molecule has 1 atom stereocenters. The zero-order valence-corrected chi connectivity index (χ0v) is 19.0. The fourth-order valence-electron chi connectivity index (χ4n) is 4.42. The first-order chi connectivity index (χ1) is 16.1. The Morgan fingerprint density at radius 1 is 0.636 bits per heavy atom. The highest BCUT2D eigenvalue weighted by Gasteiger charge is 2.27. The van der Waals surface area contributed by atoms with Gasteiger partial charge in [0, 0.05) is 16.1 Å². The third-order valence-corrected chi connectivity index (χ3v) is 6.52. The molecule has 3 heteroatoms. The van der Waals surface area contributed by atoms with Gasteiger partial charge in [-0.05, 0) is 40.1 Å². The van der Waals surface area contributed by atoms with Crippen molar-refractivity contribution in [3.63, 3.8) is 0 Å². The van der Waals surface area contributed by atoms with Gasteiger partial charge in [0.1, 0.15) is 0 Å². The molecular formula is C30H23ClO2. The molecule has 0 saturated heterocycles. The third kappa shape index (κ3) is 4.10. The van der Waals surface area contributed by atoms with Crippen LogP contribution >= 0.6 is 11.6 Å². The van der Waals surface area contributed by atoms with Gasteiger partial charge in [-0.3, -0.25) is 4.79 Å². The van der Waals surface area contributed by atoms with Crippen LogP contribution in [0.15, 0.2) is 109 Å². The maximum Gasteiger partial charge on any atom is 0.314 e. The number of halogens is 1. The van der Waals surface area contributed by atoms with Gasteiger partial charge in [0.05, 0.1) is 5.92 Å². The van der Waals surface area contributed by atoms with Crippen molar-refractivity contribution in [2.45, 2.75) is 18.9 Å². The molecular weight excluding hydrogens is 428 g/mol. The Balaban J connectivity index is 1.65. The molecule has 0 aliphatic carbocycles. The molecule has 0 spiro atoms. The molecule has 0 aromatic heterocycles. The van der Waals surface area contributed by atoms with Gasteiger partial charge in [0.25, 0.3) is 0 Å². The Hall–Kier alpha value is -3.62. The number of rotatable bonds is 5. The first-order valence-corrected chi connectivity index (χ1v) is 11.4. The lowest BCUT2D eigenvalue weighted by Crippen LogP contribution is -2.18. The highest BCUT2D eigenvalue weighted by atomic mass is 35.5. The number of esters is 1. The van der Waals surface area contributed by atoms with Gasteiger partial charge in [-0.15, -0.1) is 0 Å². The van der Waals surface area contributed by atoms with Crippen LogP contribution in [0.1, 0.15) is 35.6 Å². The number of ether oxygens (including phenoxy) is 1. The van der Waals surface area contributed by atoms with Crippen molar-refractivity contribution < 1.29 is 9.53 Å². The molecule has 2 nitrogen and oxygen atoms in total. The molecule has 0 aliphatic rings. The van der Waals surface area contributed by atoms with Crippen LogP contribution in [0.3, 0.4) is 0 Å². The molecule has 0 fully saturated rings. The molecule has 0 saturated carbocycles. The zero-order valence-electron chi connectivity index (χ0n) is 18.2. The Bertz CT molecular complexity index is 1370. The summed E-state index contributed by atoms with van der Waals surface area (Å²) < 4.78 is 6.31. The van der Waals surface area contributed by atoms with E-state index in [0.717, 1.165) is 38.2 Å². The van der Waals surface area contributed by atoms with Crippen LogP contribution in [0.5, 0.6) is 0 Å². The molecule has 33 heavy (non-hydrogen) atoms. The summed E-state index contributed by atoms with van der Waals surface area (Å²) in [5, 5.41) is 4.91. The van der Waals surface area contributed by atoms with Gasteiger partial charge < -0.3 is 4.74 Å². The van der Waals surface area contributed by atoms with Crippen molar-refractivity contribution in [1.29, 1.82) is 0 Å². The Morgan fingerprint density at radius 3 is 1.67 bits per heavy atom. The van der Waals surface area contributed by atoms with Gasteiger partial charge in [-0.1, -0.05) is 115 Å². The van der Waals surface area contributed by atoms with Crippen molar-refractivity contribution in [3.8, 4) is 0 Å². The predicted octanol–water partition coefficient (Wildman–Crippen LogP) is 8.08. The second-order valence-electron chi connectivity index (χ2n) is 8.20. The van der Waals surface area contributed by atoms with Crippen molar-refractivity contribution in [3.05, 3.63) is 131 Å². The summed E-state index contributed by atoms with van der Waals surface area (Å²) in [6.07, 6.45) is -0.556. The largest absolute Gasteiger partial charge is 0.452 e. The number of benzene rings is 5. The minimum Gasteiger partial charge on any atom is -0.452 e. The molecule has 0 N–H and O–H groups in total. The van der Waals surface area contributed by atoms with Crippen LogP contribution in [0.2, 0.25) is 5.02 Å². The van der Waals surface area contributed by atoms with Crippen LogP contribution in [0, 0.1) is 0 Å². The maximum absolute atomic E-state index is 13.4. The molecule has 162 valence electrons. The number of carbonyl (C=O) groups excluding carboxylic acids is 1. The molecule has 5 rings (SSSR count). The second kappa shape index (κ2) is 9.09.